The Hall–Kier alpha value is -1.97. The smallest absolute Gasteiger partial charge is 0.349 e. The van der Waals surface area contributed by atoms with Crippen LogP contribution in [0, 0.1) is 5.41 Å². The number of carbonyl (C=O) groups is 2. The topological polar surface area (TPSA) is 78.2 Å². The molecule has 4 heteroatoms. The average molecular weight is 205 g/mol. The molecule has 0 amide bonds. The molecule has 15 heavy (non-hydrogen) atoms. The second kappa shape index (κ2) is 5.05. The third-order valence-corrected chi connectivity index (χ3v) is 1.88. The van der Waals surface area contributed by atoms with E-state index >= 15 is 0 Å². The monoisotopic (exact) mass is 205 g/mol. The maximum Gasteiger partial charge on any atom is 0.349 e. The molecule has 1 aromatic carbocycles. The normalized spacial score (nSPS) is 9.60. The van der Waals surface area contributed by atoms with E-state index in [0.717, 1.165) is 5.56 Å². The SMILES string of the molecule is N=C(CC(=O)Cc1ccccc1)C(=O)O. The Bertz CT molecular complexity index is 384. The van der Waals surface area contributed by atoms with Crippen LogP contribution in [0.1, 0.15) is 12.0 Å². The van der Waals surface area contributed by atoms with Crippen LogP contribution in [0.25, 0.3) is 0 Å². The minimum atomic E-state index is -1.34. The number of carboxylic acids is 1. The predicted molar refractivity (Wildman–Crippen MR) is 55.1 cm³/mol. The van der Waals surface area contributed by atoms with Crippen molar-refractivity contribution in [3.63, 3.8) is 0 Å². The summed E-state index contributed by atoms with van der Waals surface area (Å²) in [4.78, 5) is 21.6. The lowest BCUT2D eigenvalue weighted by molar-refractivity contribution is -0.130. The van der Waals surface area contributed by atoms with Gasteiger partial charge in [-0.15, -0.1) is 0 Å². The van der Waals surface area contributed by atoms with Crippen LogP contribution in [0.3, 0.4) is 0 Å². The molecule has 0 aliphatic rings. The summed E-state index contributed by atoms with van der Waals surface area (Å²) in [7, 11) is 0. The van der Waals surface area contributed by atoms with Crippen LogP contribution in [0.15, 0.2) is 30.3 Å². The number of carbonyl (C=O) groups excluding carboxylic acids is 1. The van der Waals surface area contributed by atoms with Crippen LogP contribution in [0.2, 0.25) is 0 Å². The molecule has 4 nitrogen and oxygen atoms in total. The highest BCUT2D eigenvalue weighted by Gasteiger charge is 2.12. The molecule has 2 N–H and O–H groups in total. The summed E-state index contributed by atoms with van der Waals surface area (Å²) in [6.45, 7) is 0. The number of nitrogens with one attached hydrogen (secondary N) is 1. The zero-order chi connectivity index (χ0) is 11.3. The van der Waals surface area contributed by atoms with E-state index in [1.165, 1.54) is 0 Å². The van der Waals surface area contributed by atoms with Crippen molar-refractivity contribution < 1.29 is 14.7 Å². The summed E-state index contributed by atoms with van der Waals surface area (Å²) in [5.74, 6) is -1.59. The van der Waals surface area contributed by atoms with Crippen molar-refractivity contribution in [1.29, 1.82) is 5.41 Å². The summed E-state index contributed by atoms with van der Waals surface area (Å²) < 4.78 is 0. The molecule has 0 heterocycles. The van der Waals surface area contributed by atoms with E-state index in [0.29, 0.717) is 0 Å². The fraction of sp³-hybridized carbons (Fsp3) is 0.182. The van der Waals surface area contributed by atoms with Crippen LogP contribution in [0.4, 0.5) is 0 Å². The number of hydrogen-bond acceptors (Lipinski definition) is 3. The van der Waals surface area contributed by atoms with Crippen LogP contribution in [0.5, 0.6) is 0 Å². The lowest BCUT2D eigenvalue weighted by Gasteiger charge is -1.99. The van der Waals surface area contributed by atoms with Crippen molar-refractivity contribution in [1.82, 2.24) is 0 Å². The number of Topliss-reactive ketones (excluding diaryl/α,β-unsaturated/α-hetero) is 1. The Balaban J connectivity index is 2.51. The molecule has 78 valence electrons. The summed E-state index contributed by atoms with van der Waals surface area (Å²) >= 11 is 0. The number of hydrogen-bond donors (Lipinski definition) is 2. The molecule has 0 atom stereocenters. The number of rotatable bonds is 5. The zero-order valence-electron chi connectivity index (χ0n) is 8.06. The molecule has 0 fully saturated rings. The molecule has 0 saturated carbocycles. The summed E-state index contributed by atoms with van der Waals surface area (Å²) in [6, 6.07) is 9.05. The molecule has 0 aliphatic heterocycles. The van der Waals surface area contributed by atoms with Gasteiger partial charge in [-0.3, -0.25) is 10.2 Å². The van der Waals surface area contributed by atoms with Crippen molar-refractivity contribution in [2.24, 2.45) is 0 Å². The molecule has 0 saturated heterocycles. The van der Waals surface area contributed by atoms with Crippen LogP contribution in [-0.4, -0.2) is 22.6 Å². The second-order valence-electron chi connectivity index (χ2n) is 3.16. The van der Waals surface area contributed by atoms with Crippen molar-refractivity contribution in [2.45, 2.75) is 12.8 Å². The predicted octanol–water partition coefficient (Wildman–Crippen LogP) is 1.29. The highest BCUT2D eigenvalue weighted by atomic mass is 16.4. The van der Waals surface area contributed by atoms with E-state index in [4.69, 9.17) is 10.5 Å². The molecule has 0 spiro atoms. The van der Waals surface area contributed by atoms with Gasteiger partial charge >= 0.3 is 5.97 Å². The molecule has 0 unspecified atom stereocenters. The van der Waals surface area contributed by atoms with Crippen molar-refractivity contribution in [2.75, 3.05) is 0 Å². The fourth-order valence-corrected chi connectivity index (χ4v) is 1.16. The standard InChI is InChI=1S/C11H11NO3/c12-10(11(14)15)7-9(13)6-8-4-2-1-3-5-8/h1-5,12H,6-7H2,(H,14,15). The third-order valence-electron chi connectivity index (χ3n) is 1.88. The van der Waals surface area contributed by atoms with E-state index in [1.807, 2.05) is 18.2 Å². The quantitative estimate of drug-likeness (QED) is 0.711. The zero-order valence-corrected chi connectivity index (χ0v) is 8.06. The minimum absolute atomic E-state index is 0.177. The molecular formula is C11H11NO3. The minimum Gasteiger partial charge on any atom is -0.477 e. The Labute approximate surface area is 87.1 Å². The Morgan fingerprint density at radius 2 is 1.80 bits per heavy atom. The molecular weight excluding hydrogens is 194 g/mol. The van der Waals surface area contributed by atoms with Gasteiger partial charge in [0, 0.05) is 6.42 Å². The van der Waals surface area contributed by atoms with Crippen LogP contribution in [-0.2, 0) is 16.0 Å². The van der Waals surface area contributed by atoms with E-state index in [-0.39, 0.29) is 18.6 Å². The van der Waals surface area contributed by atoms with E-state index in [2.05, 4.69) is 0 Å². The first-order valence-corrected chi connectivity index (χ1v) is 4.46. The van der Waals surface area contributed by atoms with E-state index in [9.17, 15) is 9.59 Å². The number of aliphatic carboxylic acids is 1. The Morgan fingerprint density at radius 3 is 2.33 bits per heavy atom. The van der Waals surface area contributed by atoms with Crippen molar-refractivity contribution in [3.05, 3.63) is 35.9 Å². The van der Waals surface area contributed by atoms with Gasteiger partial charge in [0.2, 0.25) is 0 Å². The first kappa shape index (κ1) is 11.1. The number of ketones is 1. The third kappa shape index (κ3) is 3.72. The average Bonchev–Trinajstić information content (AvgIpc) is 2.18. The molecule has 0 bridgehead atoms. The van der Waals surface area contributed by atoms with Crippen LogP contribution < -0.4 is 0 Å². The van der Waals surface area contributed by atoms with Gasteiger partial charge in [-0.25, -0.2) is 4.79 Å². The first-order valence-electron chi connectivity index (χ1n) is 4.46. The van der Waals surface area contributed by atoms with Gasteiger partial charge in [0.05, 0.1) is 6.42 Å². The second-order valence-corrected chi connectivity index (χ2v) is 3.16. The number of benzene rings is 1. The van der Waals surface area contributed by atoms with Gasteiger partial charge < -0.3 is 5.11 Å². The highest BCUT2D eigenvalue weighted by molar-refractivity contribution is 6.37. The summed E-state index contributed by atoms with van der Waals surface area (Å²) in [5.41, 5.74) is 0.275. The summed E-state index contributed by atoms with van der Waals surface area (Å²) in [5, 5.41) is 15.4. The van der Waals surface area contributed by atoms with Gasteiger partial charge in [-0.05, 0) is 5.56 Å². The Kier molecular flexibility index (Phi) is 3.74. The fourth-order valence-electron chi connectivity index (χ4n) is 1.16. The lowest BCUT2D eigenvalue weighted by Crippen LogP contribution is -2.17. The van der Waals surface area contributed by atoms with Crippen molar-refractivity contribution >= 4 is 17.5 Å². The van der Waals surface area contributed by atoms with Crippen molar-refractivity contribution in [3.8, 4) is 0 Å². The largest absolute Gasteiger partial charge is 0.477 e. The lowest BCUT2D eigenvalue weighted by atomic mass is 10.1. The maximum atomic E-state index is 11.3. The van der Waals surface area contributed by atoms with Gasteiger partial charge in [0.25, 0.3) is 0 Å². The number of carboxylic acid groups (broad SMARTS) is 1. The van der Waals surface area contributed by atoms with E-state index < -0.39 is 11.7 Å². The molecule has 1 rings (SSSR count). The van der Waals surface area contributed by atoms with Gasteiger partial charge in [-0.2, -0.15) is 0 Å². The Morgan fingerprint density at radius 1 is 1.20 bits per heavy atom. The molecule has 0 radical (unpaired) electrons. The molecule has 0 aliphatic carbocycles. The van der Waals surface area contributed by atoms with Gasteiger partial charge in [-0.1, -0.05) is 30.3 Å². The van der Waals surface area contributed by atoms with Gasteiger partial charge in [0.15, 0.2) is 0 Å². The van der Waals surface area contributed by atoms with E-state index in [1.54, 1.807) is 12.1 Å². The first-order chi connectivity index (χ1) is 7.09. The maximum absolute atomic E-state index is 11.3. The van der Waals surface area contributed by atoms with Crippen LogP contribution >= 0.6 is 0 Å². The summed E-state index contributed by atoms with van der Waals surface area (Å²) in [6.07, 6.45) is -0.138. The highest BCUT2D eigenvalue weighted by Crippen LogP contribution is 2.02. The van der Waals surface area contributed by atoms with Gasteiger partial charge in [0.1, 0.15) is 11.5 Å². The molecule has 1 aromatic rings. The molecule has 0 aromatic heterocycles.